The SMILES string of the molecule is CCOc1ccc([C@@H](C(C)CC)N2CCNCC2)cc1OC.Cl.Cl. The van der Waals surface area contributed by atoms with Gasteiger partial charge in [0.05, 0.1) is 13.7 Å². The van der Waals surface area contributed by atoms with Crippen molar-refractivity contribution in [2.45, 2.75) is 33.2 Å². The normalized spacial score (nSPS) is 17.2. The summed E-state index contributed by atoms with van der Waals surface area (Å²) < 4.78 is 11.2. The van der Waals surface area contributed by atoms with Crippen molar-refractivity contribution in [2.24, 2.45) is 5.92 Å². The molecule has 0 aliphatic carbocycles. The highest BCUT2D eigenvalue weighted by Crippen LogP contribution is 2.36. The van der Waals surface area contributed by atoms with Crippen LogP contribution in [0.5, 0.6) is 11.5 Å². The highest BCUT2D eigenvalue weighted by molar-refractivity contribution is 5.85. The Bertz CT molecular complexity index is 468. The minimum Gasteiger partial charge on any atom is -0.493 e. The number of halogens is 2. The van der Waals surface area contributed by atoms with E-state index in [1.807, 2.05) is 6.92 Å². The van der Waals surface area contributed by atoms with Gasteiger partial charge >= 0.3 is 0 Å². The molecule has 1 unspecified atom stereocenters. The number of piperazine rings is 1. The summed E-state index contributed by atoms with van der Waals surface area (Å²) in [5.74, 6) is 2.28. The molecule has 1 fully saturated rings. The van der Waals surface area contributed by atoms with Crippen LogP contribution < -0.4 is 14.8 Å². The van der Waals surface area contributed by atoms with Crippen molar-refractivity contribution >= 4 is 24.8 Å². The van der Waals surface area contributed by atoms with Gasteiger partial charge in [-0.25, -0.2) is 0 Å². The van der Waals surface area contributed by atoms with Crippen LogP contribution in [-0.2, 0) is 0 Å². The Balaban J connectivity index is 0.00000264. The van der Waals surface area contributed by atoms with Gasteiger partial charge < -0.3 is 14.8 Å². The Hall–Kier alpha value is -0.680. The molecule has 2 atom stereocenters. The van der Waals surface area contributed by atoms with Gasteiger partial charge in [0.15, 0.2) is 11.5 Å². The highest BCUT2D eigenvalue weighted by Gasteiger charge is 2.27. The Labute approximate surface area is 159 Å². The fourth-order valence-electron chi connectivity index (χ4n) is 3.23. The molecule has 1 aromatic rings. The topological polar surface area (TPSA) is 33.7 Å². The number of hydrogen-bond acceptors (Lipinski definition) is 4. The van der Waals surface area contributed by atoms with Gasteiger partial charge in [-0.2, -0.15) is 0 Å². The summed E-state index contributed by atoms with van der Waals surface area (Å²) in [6, 6.07) is 6.85. The number of nitrogens with zero attached hydrogens (tertiary/aromatic N) is 1. The number of rotatable bonds is 7. The van der Waals surface area contributed by atoms with E-state index in [0.29, 0.717) is 18.6 Å². The van der Waals surface area contributed by atoms with Gasteiger partial charge in [-0.1, -0.05) is 26.3 Å². The Morgan fingerprint density at radius 3 is 2.33 bits per heavy atom. The predicted molar refractivity (Wildman–Crippen MR) is 105 cm³/mol. The maximum atomic E-state index is 5.65. The Kier molecular flexibility index (Phi) is 11.5. The van der Waals surface area contributed by atoms with Crippen LogP contribution in [0.3, 0.4) is 0 Å². The number of methoxy groups -OCH3 is 1. The number of nitrogens with one attached hydrogen (secondary N) is 1. The molecule has 0 spiro atoms. The van der Waals surface area contributed by atoms with Crippen LogP contribution >= 0.6 is 24.8 Å². The second-order valence-corrected chi connectivity index (χ2v) is 5.96. The molecule has 0 bridgehead atoms. The fourth-order valence-corrected chi connectivity index (χ4v) is 3.23. The van der Waals surface area contributed by atoms with E-state index < -0.39 is 0 Å². The number of benzene rings is 1. The molecule has 6 heteroatoms. The Morgan fingerprint density at radius 1 is 1.12 bits per heavy atom. The molecule has 0 aromatic heterocycles. The summed E-state index contributed by atoms with van der Waals surface area (Å²) in [5, 5.41) is 3.44. The second-order valence-electron chi connectivity index (χ2n) is 5.96. The first-order valence-corrected chi connectivity index (χ1v) is 8.46. The maximum Gasteiger partial charge on any atom is 0.161 e. The van der Waals surface area contributed by atoms with Crippen molar-refractivity contribution in [1.82, 2.24) is 10.2 Å². The fraction of sp³-hybridized carbons (Fsp3) is 0.667. The van der Waals surface area contributed by atoms with Crippen LogP contribution in [0.4, 0.5) is 0 Å². The smallest absolute Gasteiger partial charge is 0.161 e. The molecule has 1 saturated heterocycles. The number of hydrogen-bond donors (Lipinski definition) is 1. The molecule has 1 N–H and O–H groups in total. The molecule has 0 saturated carbocycles. The van der Waals surface area contributed by atoms with E-state index in [9.17, 15) is 0 Å². The van der Waals surface area contributed by atoms with Gasteiger partial charge in [-0.3, -0.25) is 4.90 Å². The third-order valence-electron chi connectivity index (χ3n) is 4.56. The van der Waals surface area contributed by atoms with E-state index in [1.165, 1.54) is 12.0 Å². The maximum absolute atomic E-state index is 5.65. The molecule has 0 amide bonds. The first kappa shape index (κ1) is 23.3. The lowest BCUT2D eigenvalue weighted by molar-refractivity contribution is 0.128. The van der Waals surface area contributed by atoms with Crippen LogP contribution in [0.15, 0.2) is 18.2 Å². The van der Waals surface area contributed by atoms with E-state index >= 15 is 0 Å². The molecule has 1 aliphatic rings. The van der Waals surface area contributed by atoms with Gasteiger partial charge in [0.1, 0.15) is 0 Å². The van der Waals surface area contributed by atoms with Crippen LogP contribution in [0, 0.1) is 5.92 Å². The summed E-state index contributed by atoms with van der Waals surface area (Å²) in [5.41, 5.74) is 1.33. The molecule has 1 aromatic carbocycles. The summed E-state index contributed by atoms with van der Waals surface area (Å²) in [6.45, 7) is 11.6. The average molecular weight is 379 g/mol. The van der Waals surface area contributed by atoms with Crippen LogP contribution in [0.1, 0.15) is 38.8 Å². The van der Waals surface area contributed by atoms with Crippen molar-refractivity contribution in [2.75, 3.05) is 39.9 Å². The van der Waals surface area contributed by atoms with Crippen molar-refractivity contribution in [3.63, 3.8) is 0 Å². The second kappa shape index (κ2) is 11.8. The van der Waals surface area contributed by atoms with Crippen LogP contribution in [-0.4, -0.2) is 44.8 Å². The molecular formula is C18H32Cl2N2O2. The van der Waals surface area contributed by atoms with Gasteiger partial charge in [0.2, 0.25) is 0 Å². The van der Waals surface area contributed by atoms with E-state index in [4.69, 9.17) is 9.47 Å². The predicted octanol–water partition coefficient (Wildman–Crippen LogP) is 3.93. The zero-order valence-electron chi connectivity index (χ0n) is 15.2. The largest absolute Gasteiger partial charge is 0.493 e. The standard InChI is InChI=1S/C18H30N2O2.2ClH/c1-5-14(3)18(20-11-9-19-10-12-20)15-7-8-16(22-6-2)17(13-15)21-4;;/h7-8,13-14,18-19H,5-6,9-12H2,1-4H3;2*1H/t14?,18-;;/m1../s1. The molecule has 24 heavy (non-hydrogen) atoms. The third kappa shape index (κ3) is 5.69. The van der Waals surface area contributed by atoms with Crippen molar-refractivity contribution in [3.05, 3.63) is 23.8 Å². The Morgan fingerprint density at radius 2 is 1.79 bits per heavy atom. The summed E-state index contributed by atoms with van der Waals surface area (Å²) in [4.78, 5) is 2.60. The lowest BCUT2D eigenvalue weighted by atomic mass is 9.90. The monoisotopic (exact) mass is 378 g/mol. The molecule has 1 heterocycles. The molecule has 0 radical (unpaired) electrons. The molecule has 2 rings (SSSR count). The summed E-state index contributed by atoms with van der Waals surface area (Å²) >= 11 is 0. The van der Waals surface area contributed by atoms with Gasteiger partial charge in [-0.15, -0.1) is 24.8 Å². The summed E-state index contributed by atoms with van der Waals surface area (Å²) in [7, 11) is 1.71. The lowest BCUT2D eigenvalue weighted by Crippen LogP contribution is -2.46. The zero-order chi connectivity index (χ0) is 15.9. The molecule has 4 nitrogen and oxygen atoms in total. The highest BCUT2D eigenvalue weighted by atomic mass is 35.5. The van der Waals surface area contributed by atoms with Crippen LogP contribution in [0.2, 0.25) is 0 Å². The van der Waals surface area contributed by atoms with Crippen molar-refractivity contribution in [1.29, 1.82) is 0 Å². The first-order chi connectivity index (χ1) is 10.7. The molecule has 1 aliphatic heterocycles. The third-order valence-corrected chi connectivity index (χ3v) is 4.56. The summed E-state index contributed by atoms with van der Waals surface area (Å²) in [6.07, 6.45) is 1.17. The van der Waals surface area contributed by atoms with Gasteiger partial charge in [-0.05, 0) is 30.5 Å². The van der Waals surface area contributed by atoms with E-state index in [-0.39, 0.29) is 24.8 Å². The van der Waals surface area contributed by atoms with E-state index in [0.717, 1.165) is 37.7 Å². The van der Waals surface area contributed by atoms with Gasteiger partial charge in [0, 0.05) is 32.2 Å². The van der Waals surface area contributed by atoms with Crippen molar-refractivity contribution in [3.8, 4) is 11.5 Å². The lowest BCUT2D eigenvalue weighted by Gasteiger charge is -2.38. The quantitative estimate of drug-likeness (QED) is 0.778. The van der Waals surface area contributed by atoms with Gasteiger partial charge in [0.25, 0.3) is 0 Å². The zero-order valence-corrected chi connectivity index (χ0v) is 16.8. The molecule has 140 valence electrons. The average Bonchev–Trinajstić information content (AvgIpc) is 2.57. The minimum atomic E-state index is 0. The first-order valence-electron chi connectivity index (χ1n) is 8.46. The minimum absolute atomic E-state index is 0. The number of ether oxygens (including phenoxy) is 2. The molecular weight excluding hydrogens is 347 g/mol. The van der Waals surface area contributed by atoms with Crippen LogP contribution in [0.25, 0.3) is 0 Å². The van der Waals surface area contributed by atoms with Crippen molar-refractivity contribution < 1.29 is 9.47 Å². The van der Waals surface area contributed by atoms with E-state index in [2.05, 4.69) is 42.3 Å². The van der Waals surface area contributed by atoms with E-state index in [1.54, 1.807) is 7.11 Å².